The van der Waals surface area contributed by atoms with Crippen LogP contribution in [0.15, 0.2) is 42.6 Å². The largest absolute Gasteiger partial charge is 0.408 e. The number of nitrogens with one attached hydrogen (secondary N) is 1. The van der Waals surface area contributed by atoms with Crippen LogP contribution in [0.3, 0.4) is 0 Å². The van der Waals surface area contributed by atoms with Gasteiger partial charge in [0.05, 0.1) is 5.52 Å². The second kappa shape index (κ2) is 7.33. The molecule has 5 rings (SSSR count). The van der Waals surface area contributed by atoms with Crippen LogP contribution in [-0.2, 0) is 0 Å². The Hall–Kier alpha value is -3.40. The molecule has 0 radical (unpaired) electrons. The molecule has 1 N–H and O–H groups in total. The third-order valence-corrected chi connectivity index (χ3v) is 5.69. The molecule has 1 fully saturated rings. The van der Waals surface area contributed by atoms with E-state index in [9.17, 15) is 17.6 Å². The van der Waals surface area contributed by atoms with Gasteiger partial charge < -0.3 is 5.41 Å². The van der Waals surface area contributed by atoms with Crippen LogP contribution in [0.4, 0.5) is 17.6 Å². The summed E-state index contributed by atoms with van der Waals surface area (Å²) in [6, 6.07) is 7.16. The van der Waals surface area contributed by atoms with Crippen LogP contribution in [0, 0.1) is 18.2 Å². The molecule has 0 saturated carbocycles. The van der Waals surface area contributed by atoms with Crippen LogP contribution in [0.2, 0.25) is 0 Å². The number of benzene rings is 1. The number of aryl methyl sites for hydroxylation is 1. The number of halogens is 4. The summed E-state index contributed by atoms with van der Waals surface area (Å²) in [6.45, 7) is 1.90. The fourth-order valence-corrected chi connectivity index (χ4v) is 4.24. The van der Waals surface area contributed by atoms with Gasteiger partial charge in [-0.3, -0.25) is 9.30 Å². The number of hydrogen-bond acceptors (Lipinski definition) is 5. The van der Waals surface area contributed by atoms with Crippen LogP contribution in [0.5, 0.6) is 0 Å². The quantitative estimate of drug-likeness (QED) is 0.466. The summed E-state index contributed by atoms with van der Waals surface area (Å²) in [7, 11) is 0. The fraction of sp³-hybridized carbons (Fsp3) is 0.273. The zero-order valence-electron chi connectivity index (χ0n) is 17.0. The monoisotopic (exact) mass is 442 g/mol. The zero-order valence-corrected chi connectivity index (χ0v) is 17.0. The van der Waals surface area contributed by atoms with Crippen LogP contribution in [0.25, 0.3) is 28.1 Å². The number of pyridine rings is 2. The van der Waals surface area contributed by atoms with E-state index in [1.165, 1.54) is 39.8 Å². The van der Waals surface area contributed by atoms with Crippen molar-refractivity contribution in [2.45, 2.75) is 25.6 Å². The standard InChI is InChI=1S/C22H18F4N6/c1-12-8-15(23)9-13-2-4-17(28-19(12)13)21-30-29-18-5-3-14(10-32(18)21)20(22(24,25)26)31-7-6-16(27)11-31/h2-5,8-10,20,27H,6-7,11H2,1H3/t20-/m1/s1. The highest BCUT2D eigenvalue weighted by molar-refractivity contribution is 5.85. The van der Waals surface area contributed by atoms with Gasteiger partial charge in [-0.05, 0) is 48.7 Å². The summed E-state index contributed by atoms with van der Waals surface area (Å²) >= 11 is 0. The van der Waals surface area contributed by atoms with Crippen LogP contribution < -0.4 is 0 Å². The Bertz CT molecular complexity index is 1360. The molecular weight excluding hydrogens is 424 g/mol. The highest BCUT2D eigenvalue weighted by Crippen LogP contribution is 2.39. The van der Waals surface area contributed by atoms with E-state index in [0.29, 0.717) is 40.1 Å². The van der Waals surface area contributed by atoms with Gasteiger partial charge in [0.15, 0.2) is 11.5 Å². The summed E-state index contributed by atoms with van der Waals surface area (Å²) in [5, 5.41) is 16.5. The molecule has 4 heterocycles. The average Bonchev–Trinajstić information content (AvgIpc) is 3.33. The first-order valence-electron chi connectivity index (χ1n) is 10.00. The van der Waals surface area contributed by atoms with Crippen molar-refractivity contribution in [3.63, 3.8) is 0 Å². The van der Waals surface area contributed by atoms with Crippen molar-refractivity contribution in [1.29, 1.82) is 5.41 Å². The zero-order chi connectivity index (χ0) is 22.6. The van der Waals surface area contributed by atoms with Gasteiger partial charge in [0.1, 0.15) is 17.6 Å². The highest BCUT2D eigenvalue weighted by Gasteiger charge is 2.46. The van der Waals surface area contributed by atoms with Crippen molar-refractivity contribution in [3.8, 4) is 11.5 Å². The van der Waals surface area contributed by atoms with Crippen LogP contribution in [-0.4, -0.2) is 49.5 Å². The molecule has 164 valence electrons. The maximum atomic E-state index is 14.0. The Balaban J connectivity index is 1.63. The first-order valence-corrected chi connectivity index (χ1v) is 10.00. The molecule has 1 aliphatic rings. The molecule has 0 unspecified atom stereocenters. The molecule has 0 bridgehead atoms. The van der Waals surface area contributed by atoms with Crippen LogP contribution in [0.1, 0.15) is 23.6 Å². The van der Waals surface area contributed by atoms with Gasteiger partial charge in [-0.1, -0.05) is 12.1 Å². The first kappa shape index (κ1) is 20.5. The maximum Gasteiger partial charge on any atom is 0.408 e. The SMILES string of the molecule is Cc1cc(F)cc2ccc(-c3nnc4ccc([C@@H](N5CCC(=N)C5)C(F)(F)F)cn34)nc12. The molecule has 32 heavy (non-hydrogen) atoms. The lowest BCUT2D eigenvalue weighted by Gasteiger charge is -2.29. The maximum absolute atomic E-state index is 14.0. The third kappa shape index (κ3) is 3.50. The Morgan fingerprint density at radius 2 is 1.91 bits per heavy atom. The molecule has 1 atom stereocenters. The van der Waals surface area contributed by atoms with Crippen molar-refractivity contribution in [1.82, 2.24) is 24.5 Å². The van der Waals surface area contributed by atoms with E-state index in [0.717, 1.165) is 0 Å². The number of alkyl halides is 3. The first-order chi connectivity index (χ1) is 15.2. The number of nitrogens with zero attached hydrogens (tertiary/aromatic N) is 5. The van der Waals surface area contributed by atoms with Gasteiger partial charge >= 0.3 is 6.18 Å². The van der Waals surface area contributed by atoms with E-state index in [4.69, 9.17) is 5.41 Å². The minimum Gasteiger partial charge on any atom is -0.308 e. The van der Waals surface area contributed by atoms with Crippen molar-refractivity contribution >= 4 is 22.3 Å². The second-order valence-electron chi connectivity index (χ2n) is 7.97. The molecule has 0 aliphatic carbocycles. The molecule has 1 aliphatic heterocycles. The van der Waals surface area contributed by atoms with Gasteiger partial charge in [-0.15, -0.1) is 10.2 Å². The number of likely N-dealkylation sites (tertiary alicyclic amines) is 1. The Labute approximate surface area is 180 Å². The molecule has 1 aromatic carbocycles. The smallest absolute Gasteiger partial charge is 0.308 e. The summed E-state index contributed by atoms with van der Waals surface area (Å²) < 4.78 is 57.1. The van der Waals surface area contributed by atoms with E-state index >= 15 is 0 Å². The molecule has 10 heteroatoms. The summed E-state index contributed by atoms with van der Waals surface area (Å²) in [4.78, 5) is 5.83. The predicted octanol–water partition coefficient (Wildman–Crippen LogP) is 4.72. The summed E-state index contributed by atoms with van der Waals surface area (Å²) in [6.07, 6.45) is -2.79. The summed E-state index contributed by atoms with van der Waals surface area (Å²) in [5.41, 5.74) is 2.36. The van der Waals surface area contributed by atoms with Crippen molar-refractivity contribution in [3.05, 3.63) is 59.5 Å². The minimum absolute atomic E-state index is 0.0146. The van der Waals surface area contributed by atoms with Gasteiger partial charge in [-0.2, -0.15) is 13.2 Å². The normalized spacial score (nSPS) is 16.3. The number of hydrogen-bond donors (Lipinski definition) is 1. The Morgan fingerprint density at radius 3 is 2.62 bits per heavy atom. The minimum atomic E-state index is -4.51. The molecule has 1 saturated heterocycles. The predicted molar refractivity (Wildman–Crippen MR) is 111 cm³/mol. The lowest BCUT2D eigenvalue weighted by atomic mass is 10.1. The van der Waals surface area contributed by atoms with Gasteiger partial charge in [0.2, 0.25) is 0 Å². The Kier molecular flexibility index (Phi) is 4.70. The Morgan fingerprint density at radius 1 is 1.09 bits per heavy atom. The number of aromatic nitrogens is 4. The van der Waals surface area contributed by atoms with Crippen molar-refractivity contribution in [2.24, 2.45) is 0 Å². The highest BCUT2D eigenvalue weighted by atomic mass is 19.4. The lowest BCUT2D eigenvalue weighted by molar-refractivity contribution is -0.183. The third-order valence-electron chi connectivity index (χ3n) is 5.69. The van der Waals surface area contributed by atoms with Crippen molar-refractivity contribution in [2.75, 3.05) is 13.1 Å². The van der Waals surface area contributed by atoms with Gasteiger partial charge in [0.25, 0.3) is 0 Å². The molecule has 3 aromatic heterocycles. The van der Waals surface area contributed by atoms with Gasteiger partial charge in [-0.25, -0.2) is 9.37 Å². The number of rotatable bonds is 3. The fourth-order valence-electron chi connectivity index (χ4n) is 4.24. The molecule has 4 aromatic rings. The van der Waals surface area contributed by atoms with E-state index in [1.54, 1.807) is 19.1 Å². The molecule has 0 spiro atoms. The van der Waals surface area contributed by atoms with E-state index in [2.05, 4.69) is 15.2 Å². The van der Waals surface area contributed by atoms with Gasteiger partial charge in [0, 0.05) is 30.4 Å². The molecule has 0 amide bonds. The lowest BCUT2D eigenvalue weighted by Crippen LogP contribution is -2.37. The second-order valence-corrected chi connectivity index (χ2v) is 7.97. The molecule has 6 nitrogen and oxygen atoms in total. The number of fused-ring (bicyclic) bond motifs is 2. The van der Waals surface area contributed by atoms with E-state index in [1.807, 2.05) is 0 Å². The molecular formula is C22H18F4N6. The topological polar surface area (TPSA) is 70.2 Å². The summed E-state index contributed by atoms with van der Waals surface area (Å²) in [5.74, 6) is -0.0714. The average molecular weight is 442 g/mol. The van der Waals surface area contributed by atoms with Crippen molar-refractivity contribution < 1.29 is 17.6 Å². The van der Waals surface area contributed by atoms with E-state index < -0.39 is 12.2 Å². The van der Waals surface area contributed by atoms with Crippen LogP contribution >= 0.6 is 0 Å². The van der Waals surface area contributed by atoms with E-state index in [-0.39, 0.29) is 30.2 Å².